The fourth-order valence-corrected chi connectivity index (χ4v) is 4.35. The molecule has 2 saturated heterocycles. The summed E-state index contributed by atoms with van der Waals surface area (Å²) in [5, 5.41) is 3.08. The van der Waals surface area contributed by atoms with Gasteiger partial charge in [0.1, 0.15) is 0 Å². The van der Waals surface area contributed by atoms with Crippen molar-refractivity contribution in [3.63, 3.8) is 0 Å². The minimum Gasteiger partial charge on any atom is -0.379 e. The lowest BCUT2D eigenvalue weighted by molar-refractivity contribution is 0.0340. The van der Waals surface area contributed by atoms with E-state index in [1.54, 1.807) is 0 Å². The molecule has 0 bridgehead atoms. The molecule has 6 nitrogen and oxygen atoms in total. The number of benzene rings is 2. The highest BCUT2D eigenvalue weighted by Crippen LogP contribution is 2.22. The summed E-state index contributed by atoms with van der Waals surface area (Å²) in [7, 11) is 0. The second-order valence-electron chi connectivity index (χ2n) is 8.31. The summed E-state index contributed by atoms with van der Waals surface area (Å²) in [6.45, 7) is 6.07. The Morgan fingerprint density at radius 3 is 2.23 bits per heavy atom. The van der Waals surface area contributed by atoms with Gasteiger partial charge in [0, 0.05) is 50.7 Å². The third kappa shape index (κ3) is 5.71. The summed E-state index contributed by atoms with van der Waals surface area (Å²) >= 11 is 0. The first-order chi connectivity index (χ1) is 15.2. The van der Waals surface area contributed by atoms with Gasteiger partial charge in [-0.25, -0.2) is 4.79 Å². The molecule has 0 saturated carbocycles. The SMILES string of the molecule is O=C(c1ccccc1)C1CCN(C(=O)NCc2ccccc2CN2CCOCC2)CC1. The quantitative estimate of drug-likeness (QED) is 0.727. The van der Waals surface area contributed by atoms with Gasteiger partial charge in [0.15, 0.2) is 5.78 Å². The number of morpholine rings is 1. The molecule has 2 aromatic carbocycles. The van der Waals surface area contributed by atoms with Crippen LogP contribution in [-0.2, 0) is 17.8 Å². The molecule has 0 spiro atoms. The molecule has 0 aliphatic carbocycles. The maximum atomic E-state index is 12.7. The number of carbonyl (C=O) groups excluding carboxylic acids is 2. The largest absolute Gasteiger partial charge is 0.379 e. The smallest absolute Gasteiger partial charge is 0.317 e. The lowest BCUT2D eigenvalue weighted by Gasteiger charge is -2.31. The number of rotatable bonds is 6. The molecule has 2 aliphatic rings. The lowest BCUT2D eigenvalue weighted by Crippen LogP contribution is -2.45. The molecule has 0 unspecified atom stereocenters. The number of piperidine rings is 1. The van der Waals surface area contributed by atoms with Crippen molar-refractivity contribution in [3.05, 3.63) is 71.3 Å². The average molecular weight is 422 g/mol. The number of ketones is 1. The van der Waals surface area contributed by atoms with E-state index in [0.29, 0.717) is 19.6 Å². The second-order valence-corrected chi connectivity index (χ2v) is 8.31. The number of amides is 2. The van der Waals surface area contributed by atoms with Crippen molar-refractivity contribution >= 4 is 11.8 Å². The number of urea groups is 1. The molecule has 0 radical (unpaired) electrons. The molecule has 2 fully saturated rings. The van der Waals surface area contributed by atoms with E-state index < -0.39 is 0 Å². The van der Waals surface area contributed by atoms with Gasteiger partial charge in [0.05, 0.1) is 13.2 Å². The highest BCUT2D eigenvalue weighted by molar-refractivity contribution is 5.98. The molecule has 0 aromatic heterocycles. The summed E-state index contributed by atoms with van der Waals surface area (Å²) in [5.74, 6) is 0.193. The molecular formula is C25H31N3O3. The monoisotopic (exact) mass is 421 g/mol. The number of hydrogen-bond donors (Lipinski definition) is 1. The van der Waals surface area contributed by atoms with Crippen LogP contribution in [0.1, 0.15) is 34.3 Å². The van der Waals surface area contributed by atoms with Crippen molar-refractivity contribution in [1.82, 2.24) is 15.1 Å². The minimum absolute atomic E-state index is 0.000647. The first-order valence-corrected chi connectivity index (χ1v) is 11.2. The van der Waals surface area contributed by atoms with E-state index >= 15 is 0 Å². The van der Waals surface area contributed by atoms with Crippen LogP contribution in [0.15, 0.2) is 54.6 Å². The molecule has 2 aromatic rings. The zero-order valence-electron chi connectivity index (χ0n) is 18.0. The minimum atomic E-state index is -0.0493. The van der Waals surface area contributed by atoms with Crippen molar-refractivity contribution in [2.45, 2.75) is 25.9 Å². The molecule has 1 N–H and O–H groups in total. The van der Waals surface area contributed by atoms with Crippen LogP contribution in [0.3, 0.4) is 0 Å². The predicted molar refractivity (Wildman–Crippen MR) is 120 cm³/mol. The number of carbonyl (C=O) groups is 2. The summed E-state index contributed by atoms with van der Waals surface area (Å²) in [6.07, 6.45) is 1.43. The topological polar surface area (TPSA) is 61.9 Å². The van der Waals surface area contributed by atoms with Crippen LogP contribution >= 0.6 is 0 Å². The van der Waals surface area contributed by atoms with Gasteiger partial charge in [-0.3, -0.25) is 9.69 Å². The maximum absolute atomic E-state index is 12.7. The van der Waals surface area contributed by atoms with Crippen LogP contribution in [0.4, 0.5) is 4.79 Å². The number of nitrogens with zero attached hydrogens (tertiary/aromatic N) is 2. The van der Waals surface area contributed by atoms with E-state index in [-0.39, 0.29) is 17.7 Å². The molecular weight excluding hydrogens is 390 g/mol. The van der Waals surface area contributed by atoms with Crippen LogP contribution in [0.25, 0.3) is 0 Å². The normalized spacial score (nSPS) is 18.0. The predicted octanol–water partition coefficient (Wildman–Crippen LogP) is 3.32. The Morgan fingerprint density at radius 1 is 0.871 bits per heavy atom. The number of hydrogen-bond acceptors (Lipinski definition) is 4. The fourth-order valence-electron chi connectivity index (χ4n) is 4.35. The summed E-state index contributed by atoms with van der Waals surface area (Å²) in [4.78, 5) is 29.6. The van der Waals surface area contributed by atoms with Gasteiger partial charge < -0.3 is 15.0 Å². The van der Waals surface area contributed by atoms with Crippen LogP contribution < -0.4 is 5.32 Å². The van der Waals surface area contributed by atoms with Crippen LogP contribution in [0.5, 0.6) is 0 Å². The summed E-state index contributed by atoms with van der Waals surface area (Å²) in [6, 6.07) is 17.7. The Balaban J connectivity index is 1.27. The molecule has 0 atom stereocenters. The van der Waals surface area contributed by atoms with Gasteiger partial charge in [-0.1, -0.05) is 54.6 Å². The highest BCUT2D eigenvalue weighted by Gasteiger charge is 2.27. The number of Topliss-reactive ketones (excluding diaryl/α,β-unsaturated/α-hetero) is 1. The van der Waals surface area contributed by atoms with Gasteiger partial charge in [0.2, 0.25) is 0 Å². The van der Waals surface area contributed by atoms with E-state index in [1.807, 2.05) is 41.3 Å². The third-order valence-corrected chi connectivity index (χ3v) is 6.26. The average Bonchev–Trinajstić information content (AvgIpc) is 2.84. The standard InChI is InChI=1S/C25H31N3O3/c29-24(20-6-2-1-3-7-20)21-10-12-28(13-11-21)25(30)26-18-22-8-4-5-9-23(22)19-27-14-16-31-17-15-27/h1-9,21H,10-19H2,(H,26,30). The third-order valence-electron chi connectivity index (χ3n) is 6.26. The van der Waals surface area contributed by atoms with E-state index in [4.69, 9.17) is 4.74 Å². The number of nitrogens with one attached hydrogen (secondary N) is 1. The van der Waals surface area contributed by atoms with Gasteiger partial charge in [-0.05, 0) is 24.0 Å². The molecule has 31 heavy (non-hydrogen) atoms. The van der Waals surface area contributed by atoms with E-state index in [0.717, 1.165) is 56.8 Å². The van der Waals surface area contributed by atoms with Gasteiger partial charge in [0.25, 0.3) is 0 Å². The van der Waals surface area contributed by atoms with E-state index in [1.165, 1.54) is 5.56 Å². The number of ether oxygens (including phenoxy) is 1. The van der Waals surface area contributed by atoms with Gasteiger partial charge in [-0.2, -0.15) is 0 Å². The van der Waals surface area contributed by atoms with Crippen molar-refractivity contribution in [2.75, 3.05) is 39.4 Å². The Bertz CT molecular complexity index is 873. The maximum Gasteiger partial charge on any atom is 0.317 e. The Kier molecular flexibility index (Phi) is 7.33. The van der Waals surface area contributed by atoms with Crippen LogP contribution in [-0.4, -0.2) is 61.0 Å². The molecule has 2 aliphatic heterocycles. The summed E-state index contributed by atoms with van der Waals surface area (Å²) in [5.41, 5.74) is 3.16. The Hall–Kier alpha value is -2.70. The Morgan fingerprint density at radius 2 is 1.52 bits per heavy atom. The first kappa shape index (κ1) is 21.5. The fraction of sp³-hybridized carbons (Fsp3) is 0.440. The van der Waals surface area contributed by atoms with Crippen LogP contribution in [0.2, 0.25) is 0 Å². The Labute approximate surface area is 184 Å². The van der Waals surface area contributed by atoms with Crippen molar-refractivity contribution in [3.8, 4) is 0 Å². The van der Waals surface area contributed by atoms with Crippen molar-refractivity contribution in [2.24, 2.45) is 5.92 Å². The molecule has 6 heteroatoms. The highest BCUT2D eigenvalue weighted by atomic mass is 16.5. The van der Waals surface area contributed by atoms with Crippen molar-refractivity contribution in [1.29, 1.82) is 0 Å². The molecule has 4 rings (SSSR count). The second kappa shape index (κ2) is 10.6. The molecule has 2 amide bonds. The number of likely N-dealkylation sites (tertiary alicyclic amines) is 1. The molecule has 2 heterocycles. The molecule has 164 valence electrons. The van der Waals surface area contributed by atoms with E-state index in [2.05, 4.69) is 28.4 Å². The summed E-state index contributed by atoms with van der Waals surface area (Å²) < 4.78 is 5.44. The van der Waals surface area contributed by atoms with Gasteiger partial charge in [-0.15, -0.1) is 0 Å². The zero-order chi connectivity index (χ0) is 21.5. The zero-order valence-corrected chi connectivity index (χ0v) is 18.0. The first-order valence-electron chi connectivity index (χ1n) is 11.2. The van der Waals surface area contributed by atoms with Gasteiger partial charge >= 0.3 is 6.03 Å². The lowest BCUT2D eigenvalue weighted by atomic mass is 9.89. The van der Waals surface area contributed by atoms with Crippen LogP contribution in [0, 0.1) is 5.92 Å². The van der Waals surface area contributed by atoms with Crippen molar-refractivity contribution < 1.29 is 14.3 Å². The van der Waals surface area contributed by atoms with E-state index in [9.17, 15) is 9.59 Å².